The summed E-state index contributed by atoms with van der Waals surface area (Å²) in [5.41, 5.74) is 0.131. The first-order valence-electron chi connectivity index (χ1n) is 10.4. The zero-order valence-electron chi connectivity index (χ0n) is 17.3. The van der Waals surface area contributed by atoms with Crippen molar-refractivity contribution in [3.05, 3.63) is 48.9 Å². The number of aliphatic hydroxyl groups is 1. The molecule has 0 aromatic carbocycles. The Kier molecular flexibility index (Phi) is 9.02. The van der Waals surface area contributed by atoms with E-state index in [1.54, 1.807) is 6.20 Å². The molecule has 0 aromatic rings. The highest BCUT2D eigenvalue weighted by atomic mass is 19.4. The van der Waals surface area contributed by atoms with Gasteiger partial charge in [0.05, 0.1) is 11.5 Å². The van der Waals surface area contributed by atoms with E-state index in [1.165, 1.54) is 6.08 Å². The van der Waals surface area contributed by atoms with Crippen molar-refractivity contribution < 1.29 is 23.1 Å². The van der Waals surface area contributed by atoms with Crippen LogP contribution >= 0.6 is 0 Å². The zero-order chi connectivity index (χ0) is 22.0. The molecule has 0 bridgehead atoms. The number of hydrogen-bond donors (Lipinski definition) is 3. The molecule has 0 spiro atoms. The monoisotopic (exact) mass is 427 g/mol. The fraction of sp³-hybridized carbons (Fsp3) is 0.591. The van der Waals surface area contributed by atoms with E-state index >= 15 is 0 Å². The van der Waals surface area contributed by atoms with Gasteiger partial charge in [0.1, 0.15) is 0 Å². The van der Waals surface area contributed by atoms with E-state index in [4.69, 9.17) is 0 Å². The van der Waals surface area contributed by atoms with E-state index in [1.807, 2.05) is 23.1 Å². The van der Waals surface area contributed by atoms with Gasteiger partial charge >= 0.3 is 6.18 Å². The van der Waals surface area contributed by atoms with Crippen LogP contribution in [0.25, 0.3) is 0 Å². The first-order valence-corrected chi connectivity index (χ1v) is 10.4. The van der Waals surface area contributed by atoms with Crippen molar-refractivity contribution in [2.45, 2.75) is 50.3 Å². The number of halogens is 3. The van der Waals surface area contributed by atoms with Crippen LogP contribution in [0.5, 0.6) is 0 Å². The molecule has 0 saturated carbocycles. The van der Waals surface area contributed by atoms with Crippen molar-refractivity contribution in [1.29, 1.82) is 0 Å². The number of amides is 1. The van der Waals surface area contributed by atoms with Gasteiger partial charge in [-0.1, -0.05) is 18.2 Å². The van der Waals surface area contributed by atoms with Crippen molar-refractivity contribution in [2.75, 3.05) is 26.2 Å². The van der Waals surface area contributed by atoms with Gasteiger partial charge in [0.25, 0.3) is 0 Å². The molecule has 2 rings (SSSR count). The van der Waals surface area contributed by atoms with Crippen molar-refractivity contribution in [1.82, 2.24) is 15.5 Å². The quantitative estimate of drug-likeness (QED) is 0.520. The Hall–Kier alpha value is -2.22. The lowest BCUT2D eigenvalue weighted by molar-refractivity contribution is -0.160. The molecule has 0 aliphatic carbocycles. The molecule has 2 heterocycles. The number of carbonyl (C=O) groups excluding carboxylic acids is 1. The second-order valence-corrected chi connectivity index (χ2v) is 7.85. The van der Waals surface area contributed by atoms with Crippen LogP contribution in [0.2, 0.25) is 0 Å². The maximum Gasteiger partial charge on any atom is 0.395 e. The largest absolute Gasteiger partial charge is 0.395 e. The molecule has 0 aromatic heterocycles. The third kappa shape index (κ3) is 8.26. The summed E-state index contributed by atoms with van der Waals surface area (Å²) in [5, 5.41) is 16.9. The van der Waals surface area contributed by atoms with Crippen LogP contribution in [0.4, 0.5) is 13.2 Å². The summed E-state index contributed by atoms with van der Waals surface area (Å²) in [6.45, 7) is 5.54. The van der Waals surface area contributed by atoms with Crippen molar-refractivity contribution in [2.24, 2.45) is 5.92 Å². The molecule has 5 nitrogen and oxygen atoms in total. The number of allylic oxidation sites excluding steroid dienone is 4. The van der Waals surface area contributed by atoms with Crippen LogP contribution in [0.1, 0.15) is 38.5 Å². The Morgan fingerprint density at radius 3 is 2.77 bits per heavy atom. The van der Waals surface area contributed by atoms with Gasteiger partial charge in [-0.3, -0.25) is 4.79 Å². The third-order valence-electron chi connectivity index (χ3n) is 5.52. The van der Waals surface area contributed by atoms with E-state index in [0.29, 0.717) is 58.3 Å². The van der Waals surface area contributed by atoms with Crippen molar-refractivity contribution in [3.8, 4) is 0 Å². The molecule has 1 unspecified atom stereocenters. The number of nitrogens with one attached hydrogen (secondary N) is 2. The number of alkyl halides is 3. The highest BCUT2D eigenvalue weighted by Gasteiger charge is 2.36. The number of likely N-dealkylation sites (tertiary alicyclic amines) is 1. The lowest BCUT2D eigenvalue weighted by atomic mass is 9.88. The number of piperidine rings is 1. The molecule has 1 amide bonds. The maximum absolute atomic E-state index is 12.7. The Balaban J connectivity index is 1.73. The van der Waals surface area contributed by atoms with Crippen LogP contribution in [-0.4, -0.2) is 53.9 Å². The normalized spacial score (nSPS) is 24.1. The molecule has 3 N–H and O–H groups in total. The van der Waals surface area contributed by atoms with Gasteiger partial charge in [-0.25, -0.2) is 0 Å². The summed E-state index contributed by atoms with van der Waals surface area (Å²) in [4.78, 5) is 13.4. The summed E-state index contributed by atoms with van der Waals surface area (Å²) in [5.74, 6) is -1.50. The molecule has 168 valence electrons. The van der Waals surface area contributed by atoms with E-state index in [-0.39, 0.29) is 12.3 Å². The first kappa shape index (κ1) is 24.1. The minimum absolute atomic E-state index is 0.0330. The predicted molar refractivity (Wildman–Crippen MR) is 111 cm³/mol. The first-order chi connectivity index (χ1) is 14.2. The molecule has 1 atom stereocenters. The van der Waals surface area contributed by atoms with Crippen molar-refractivity contribution >= 4 is 5.91 Å². The smallest absolute Gasteiger partial charge is 0.390 e. The average molecular weight is 428 g/mol. The molecule has 1 saturated heterocycles. The minimum atomic E-state index is -4.27. The second-order valence-electron chi connectivity index (χ2n) is 7.85. The van der Waals surface area contributed by atoms with Crippen LogP contribution in [-0.2, 0) is 4.79 Å². The van der Waals surface area contributed by atoms with Gasteiger partial charge < -0.3 is 20.6 Å². The minimum Gasteiger partial charge on any atom is -0.390 e. The molecule has 2 aliphatic rings. The maximum atomic E-state index is 12.7. The fourth-order valence-corrected chi connectivity index (χ4v) is 3.49. The summed E-state index contributed by atoms with van der Waals surface area (Å²) in [7, 11) is 0. The lowest BCUT2D eigenvalue weighted by Crippen LogP contribution is -2.43. The van der Waals surface area contributed by atoms with Gasteiger partial charge in [-0.05, 0) is 50.5 Å². The topological polar surface area (TPSA) is 64.6 Å². The summed E-state index contributed by atoms with van der Waals surface area (Å²) in [6.07, 6.45) is 8.46. The highest BCUT2D eigenvalue weighted by Crippen LogP contribution is 2.30. The standard InChI is InChI=1S/C22H32F3N3O2/c1-2-18(22(23,24)25)6-5-15-28-16-11-21(30,12-17-28)10-14-26-19-7-3-4-8-20(29)27-13-9-19/h2-3,5,7,9,15,18,26,30H,1,4,6,8,10-14,16-17H2,(H,27,29)/b7-3-,15-5+,19-9+. The predicted octanol–water partition coefficient (Wildman–Crippen LogP) is 3.41. The Morgan fingerprint density at radius 1 is 1.37 bits per heavy atom. The third-order valence-corrected chi connectivity index (χ3v) is 5.52. The van der Waals surface area contributed by atoms with Crippen LogP contribution in [0, 0.1) is 5.92 Å². The van der Waals surface area contributed by atoms with Gasteiger partial charge in [0, 0.05) is 38.3 Å². The number of nitrogens with zero attached hydrogens (tertiary/aromatic N) is 1. The molecule has 0 radical (unpaired) electrons. The molecular formula is C22H32F3N3O2. The summed E-state index contributed by atoms with van der Waals surface area (Å²) < 4.78 is 38.2. The molecule has 8 heteroatoms. The molecular weight excluding hydrogens is 395 g/mol. The fourth-order valence-electron chi connectivity index (χ4n) is 3.49. The van der Waals surface area contributed by atoms with Gasteiger partial charge in [0.15, 0.2) is 0 Å². The lowest BCUT2D eigenvalue weighted by Gasteiger charge is -2.38. The van der Waals surface area contributed by atoms with E-state index in [9.17, 15) is 23.1 Å². The van der Waals surface area contributed by atoms with Crippen LogP contribution < -0.4 is 10.6 Å². The number of hydrogen-bond acceptors (Lipinski definition) is 4. The Bertz CT molecular complexity index is 663. The van der Waals surface area contributed by atoms with Gasteiger partial charge in [0.2, 0.25) is 5.91 Å². The molecule has 1 fully saturated rings. The van der Waals surface area contributed by atoms with E-state index in [0.717, 1.165) is 11.8 Å². The van der Waals surface area contributed by atoms with Crippen molar-refractivity contribution in [3.63, 3.8) is 0 Å². The SMILES string of the molecule is C=CC(C/C=C/N1CCC(O)(CCNC2=C/CNC(=O)CC/C=C\2)CC1)C(F)(F)F. The van der Waals surface area contributed by atoms with Crippen LogP contribution in [0.15, 0.2) is 48.9 Å². The number of carbonyl (C=O) groups is 1. The van der Waals surface area contributed by atoms with Gasteiger partial charge in [-0.2, -0.15) is 13.2 Å². The highest BCUT2D eigenvalue weighted by molar-refractivity contribution is 5.76. The van der Waals surface area contributed by atoms with E-state index < -0.39 is 17.7 Å². The van der Waals surface area contributed by atoms with Gasteiger partial charge in [-0.15, -0.1) is 6.58 Å². The Labute approximate surface area is 176 Å². The Morgan fingerprint density at radius 2 is 2.10 bits per heavy atom. The summed E-state index contributed by atoms with van der Waals surface area (Å²) in [6, 6.07) is 0. The van der Waals surface area contributed by atoms with Crippen LogP contribution in [0.3, 0.4) is 0 Å². The molecule has 30 heavy (non-hydrogen) atoms. The van der Waals surface area contributed by atoms with E-state index in [2.05, 4.69) is 17.2 Å². The number of rotatable bonds is 8. The zero-order valence-corrected chi connectivity index (χ0v) is 17.3. The average Bonchev–Trinajstić information content (AvgIpc) is 2.78. The molecule has 2 aliphatic heterocycles. The second kappa shape index (κ2) is 11.2. The summed E-state index contributed by atoms with van der Waals surface area (Å²) >= 11 is 0.